The first kappa shape index (κ1) is 15.9. The van der Waals surface area contributed by atoms with Crippen molar-refractivity contribution in [1.82, 2.24) is 0 Å². The molecular weight excluding hydrogens is 278 g/mol. The lowest BCUT2D eigenvalue weighted by Crippen LogP contribution is -2.12. The van der Waals surface area contributed by atoms with Gasteiger partial charge in [-0.1, -0.05) is 56.3 Å². The highest BCUT2D eigenvalue weighted by molar-refractivity contribution is 7.85. The van der Waals surface area contributed by atoms with Gasteiger partial charge in [0.15, 0.2) is 0 Å². The quantitative estimate of drug-likeness (QED) is 0.876. The van der Waals surface area contributed by atoms with Crippen LogP contribution in [-0.2, 0) is 10.8 Å². The third kappa shape index (κ3) is 4.02. The Morgan fingerprint density at radius 2 is 1.57 bits per heavy atom. The second-order valence-corrected chi connectivity index (χ2v) is 7.13. The average molecular weight is 301 g/mol. The van der Waals surface area contributed by atoms with Gasteiger partial charge < -0.3 is 5.73 Å². The molecule has 0 spiro atoms. The first-order valence-electron chi connectivity index (χ1n) is 7.39. The first-order chi connectivity index (χ1) is 10.1. The van der Waals surface area contributed by atoms with Crippen LogP contribution in [0.2, 0.25) is 0 Å². The number of rotatable bonds is 6. The Balaban J connectivity index is 2.26. The van der Waals surface area contributed by atoms with E-state index in [1.807, 2.05) is 42.5 Å². The van der Waals surface area contributed by atoms with Crippen molar-refractivity contribution in [2.75, 3.05) is 6.54 Å². The number of nitrogens with two attached hydrogens (primary N) is 1. The maximum atomic E-state index is 12.9. The summed E-state index contributed by atoms with van der Waals surface area (Å²) in [6.45, 7) is 4.86. The summed E-state index contributed by atoms with van der Waals surface area (Å²) in [6, 6.07) is 18.1. The van der Waals surface area contributed by atoms with Gasteiger partial charge in [-0.3, -0.25) is 4.21 Å². The third-order valence-electron chi connectivity index (χ3n) is 3.64. The highest BCUT2D eigenvalue weighted by atomic mass is 32.2. The zero-order valence-electron chi connectivity index (χ0n) is 12.7. The van der Waals surface area contributed by atoms with Crippen LogP contribution in [0.5, 0.6) is 0 Å². The second-order valence-electron chi connectivity index (χ2n) is 5.50. The SMILES string of the molecule is CC(C)c1ccc(S(=O)C(CCN)c2ccccc2)cc1. The van der Waals surface area contributed by atoms with Crippen LogP contribution >= 0.6 is 0 Å². The largest absolute Gasteiger partial charge is 0.330 e. The minimum absolute atomic E-state index is 0.0406. The molecule has 0 saturated carbocycles. The summed E-state index contributed by atoms with van der Waals surface area (Å²) in [6.07, 6.45) is 0.725. The van der Waals surface area contributed by atoms with E-state index < -0.39 is 10.8 Å². The lowest BCUT2D eigenvalue weighted by Gasteiger charge is -2.17. The summed E-state index contributed by atoms with van der Waals surface area (Å²) in [5.74, 6) is 0.487. The van der Waals surface area contributed by atoms with Gasteiger partial charge in [-0.05, 0) is 42.1 Å². The second kappa shape index (κ2) is 7.53. The fourth-order valence-corrected chi connectivity index (χ4v) is 3.85. The molecule has 0 amide bonds. The molecule has 2 unspecified atom stereocenters. The maximum absolute atomic E-state index is 12.9. The van der Waals surface area contributed by atoms with E-state index in [4.69, 9.17) is 5.73 Å². The summed E-state index contributed by atoms with van der Waals surface area (Å²) in [4.78, 5) is 0.877. The predicted molar refractivity (Wildman–Crippen MR) is 89.8 cm³/mol. The van der Waals surface area contributed by atoms with Gasteiger partial charge in [-0.2, -0.15) is 0 Å². The molecule has 3 heteroatoms. The van der Waals surface area contributed by atoms with Gasteiger partial charge in [0.1, 0.15) is 0 Å². The topological polar surface area (TPSA) is 43.1 Å². The number of benzene rings is 2. The molecular formula is C18H23NOS. The molecule has 2 rings (SSSR count). The molecule has 21 heavy (non-hydrogen) atoms. The molecule has 2 aromatic carbocycles. The Morgan fingerprint density at radius 3 is 2.10 bits per heavy atom. The van der Waals surface area contributed by atoms with E-state index in [9.17, 15) is 4.21 Å². The standard InChI is InChI=1S/C18H23NOS/c1-14(2)15-8-10-17(11-9-15)21(20)18(12-13-19)16-6-4-3-5-7-16/h3-11,14,18H,12-13,19H2,1-2H3. The molecule has 0 aliphatic rings. The van der Waals surface area contributed by atoms with Crippen LogP contribution in [0.3, 0.4) is 0 Å². The summed E-state index contributed by atoms with van der Waals surface area (Å²) in [5, 5.41) is -0.0406. The monoisotopic (exact) mass is 301 g/mol. The van der Waals surface area contributed by atoms with Crippen molar-refractivity contribution in [2.24, 2.45) is 5.73 Å². The van der Waals surface area contributed by atoms with Crippen molar-refractivity contribution in [1.29, 1.82) is 0 Å². The minimum Gasteiger partial charge on any atom is -0.330 e. The minimum atomic E-state index is -1.07. The van der Waals surface area contributed by atoms with Crippen LogP contribution in [0, 0.1) is 0 Å². The van der Waals surface area contributed by atoms with Gasteiger partial charge in [-0.15, -0.1) is 0 Å². The van der Waals surface area contributed by atoms with Gasteiger partial charge >= 0.3 is 0 Å². The van der Waals surface area contributed by atoms with E-state index in [-0.39, 0.29) is 5.25 Å². The molecule has 0 aromatic heterocycles. The van der Waals surface area contributed by atoms with Crippen molar-refractivity contribution < 1.29 is 4.21 Å². The molecule has 0 heterocycles. The average Bonchev–Trinajstić information content (AvgIpc) is 2.53. The van der Waals surface area contributed by atoms with Gasteiger partial charge in [0.05, 0.1) is 16.0 Å². The summed E-state index contributed by atoms with van der Waals surface area (Å²) >= 11 is 0. The van der Waals surface area contributed by atoms with Crippen LogP contribution < -0.4 is 5.73 Å². The maximum Gasteiger partial charge on any atom is 0.0655 e. The van der Waals surface area contributed by atoms with Crippen LogP contribution in [0.4, 0.5) is 0 Å². The van der Waals surface area contributed by atoms with E-state index >= 15 is 0 Å². The van der Waals surface area contributed by atoms with Crippen molar-refractivity contribution in [3.8, 4) is 0 Å². The third-order valence-corrected chi connectivity index (χ3v) is 5.40. The molecule has 0 saturated heterocycles. The van der Waals surface area contributed by atoms with E-state index in [1.165, 1.54) is 5.56 Å². The zero-order valence-corrected chi connectivity index (χ0v) is 13.5. The van der Waals surface area contributed by atoms with E-state index in [1.54, 1.807) is 0 Å². The van der Waals surface area contributed by atoms with Gasteiger partial charge in [0, 0.05) is 4.90 Å². The number of hydrogen-bond donors (Lipinski definition) is 1. The molecule has 2 N–H and O–H groups in total. The van der Waals surface area contributed by atoms with Crippen LogP contribution in [0.1, 0.15) is 42.6 Å². The Bertz CT molecular complexity index is 578. The summed E-state index contributed by atoms with van der Waals surface area (Å²) < 4.78 is 12.9. The highest BCUT2D eigenvalue weighted by Gasteiger charge is 2.19. The Kier molecular flexibility index (Phi) is 5.71. The molecule has 2 aromatic rings. The van der Waals surface area contributed by atoms with Crippen LogP contribution in [0.15, 0.2) is 59.5 Å². The smallest absolute Gasteiger partial charge is 0.0655 e. The normalized spacial score (nSPS) is 14.1. The highest BCUT2D eigenvalue weighted by Crippen LogP contribution is 2.28. The van der Waals surface area contributed by atoms with Crippen molar-refractivity contribution >= 4 is 10.8 Å². The van der Waals surface area contributed by atoms with Gasteiger partial charge in [0.25, 0.3) is 0 Å². The molecule has 0 aliphatic carbocycles. The van der Waals surface area contributed by atoms with Gasteiger partial charge in [-0.25, -0.2) is 0 Å². The Morgan fingerprint density at radius 1 is 0.952 bits per heavy atom. The zero-order chi connectivity index (χ0) is 15.2. The predicted octanol–water partition coefficient (Wildman–Crippen LogP) is 4.01. The van der Waals surface area contributed by atoms with Crippen molar-refractivity contribution in [3.63, 3.8) is 0 Å². The molecule has 112 valence electrons. The fourth-order valence-electron chi connectivity index (χ4n) is 2.37. The summed E-state index contributed by atoms with van der Waals surface area (Å²) in [7, 11) is -1.07. The fraction of sp³-hybridized carbons (Fsp3) is 0.333. The van der Waals surface area contributed by atoms with Crippen LogP contribution in [0.25, 0.3) is 0 Å². The Hall–Kier alpha value is -1.45. The summed E-state index contributed by atoms with van der Waals surface area (Å²) in [5.41, 5.74) is 8.07. The first-order valence-corrected chi connectivity index (χ1v) is 8.60. The van der Waals surface area contributed by atoms with Crippen LogP contribution in [-0.4, -0.2) is 10.8 Å². The lowest BCUT2D eigenvalue weighted by atomic mass is 10.0. The van der Waals surface area contributed by atoms with Crippen molar-refractivity contribution in [2.45, 2.75) is 36.3 Å². The van der Waals surface area contributed by atoms with Crippen molar-refractivity contribution in [3.05, 3.63) is 65.7 Å². The van der Waals surface area contributed by atoms with E-state index in [0.29, 0.717) is 12.5 Å². The Labute approximate surface area is 129 Å². The number of hydrogen-bond acceptors (Lipinski definition) is 2. The molecule has 2 atom stereocenters. The van der Waals surface area contributed by atoms with Gasteiger partial charge in [0.2, 0.25) is 0 Å². The lowest BCUT2D eigenvalue weighted by molar-refractivity contribution is 0.664. The molecule has 0 radical (unpaired) electrons. The molecule has 0 bridgehead atoms. The molecule has 2 nitrogen and oxygen atoms in total. The molecule has 0 fully saturated rings. The molecule has 0 aliphatic heterocycles. The van der Waals surface area contributed by atoms with E-state index in [0.717, 1.165) is 16.9 Å². The van der Waals surface area contributed by atoms with E-state index in [2.05, 4.69) is 26.0 Å².